The van der Waals surface area contributed by atoms with E-state index < -0.39 is 0 Å². The molecule has 0 aliphatic carbocycles. The lowest BCUT2D eigenvalue weighted by Gasteiger charge is -2.08. The minimum absolute atomic E-state index is 0.269. The number of ether oxygens (including phenoxy) is 1. The average Bonchev–Trinajstić information content (AvgIpc) is 3.16. The second-order valence-electron chi connectivity index (χ2n) is 5.13. The molecule has 0 atom stereocenters. The summed E-state index contributed by atoms with van der Waals surface area (Å²) in [5, 5.41) is 5.88. The molecule has 0 saturated carbocycles. The Labute approximate surface area is 145 Å². The Morgan fingerprint density at radius 3 is 2.76 bits per heavy atom. The smallest absolute Gasteiger partial charge is 0.274 e. The van der Waals surface area contributed by atoms with Crippen molar-refractivity contribution < 1.29 is 13.9 Å². The first-order valence-corrected chi connectivity index (χ1v) is 7.87. The molecule has 1 amide bonds. The average molecular weight is 338 g/mol. The molecule has 7 nitrogen and oxygen atoms in total. The van der Waals surface area contributed by atoms with Crippen LogP contribution in [0.2, 0.25) is 0 Å². The van der Waals surface area contributed by atoms with Crippen LogP contribution in [0, 0.1) is 0 Å². The maximum Gasteiger partial charge on any atom is 0.274 e. The van der Waals surface area contributed by atoms with Gasteiger partial charge >= 0.3 is 0 Å². The van der Waals surface area contributed by atoms with E-state index in [9.17, 15) is 4.79 Å². The zero-order valence-corrected chi connectivity index (χ0v) is 13.7. The van der Waals surface area contributed by atoms with Crippen molar-refractivity contribution in [3.63, 3.8) is 0 Å². The highest BCUT2D eigenvalue weighted by Gasteiger charge is 2.09. The number of nitrogens with one attached hydrogen (secondary N) is 2. The van der Waals surface area contributed by atoms with E-state index in [-0.39, 0.29) is 11.6 Å². The van der Waals surface area contributed by atoms with E-state index in [0.29, 0.717) is 24.7 Å². The normalized spacial score (nSPS) is 10.3. The molecule has 0 spiro atoms. The largest absolute Gasteiger partial charge is 0.494 e. The molecule has 0 radical (unpaired) electrons. The van der Waals surface area contributed by atoms with Crippen LogP contribution in [0.5, 0.6) is 5.75 Å². The minimum atomic E-state index is -0.312. The number of nitrogens with zero attached hydrogens (tertiary/aromatic N) is 2. The van der Waals surface area contributed by atoms with Crippen LogP contribution in [-0.2, 0) is 6.54 Å². The lowest BCUT2D eigenvalue weighted by atomic mass is 10.3. The standard InChI is InChI=1S/C18H18N4O3/c1-2-24-14-7-5-13(6-8-14)22-18(23)16-10-17(21-12-20-16)19-11-15-4-3-9-25-15/h3-10,12H,2,11H2,1H3,(H,22,23)(H,19,20,21). The quantitative estimate of drug-likeness (QED) is 0.687. The molecule has 0 aliphatic heterocycles. The lowest BCUT2D eigenvalue weighted by molar-refractivity contribution is 0.102. The Morgan fingerprint density at radius 1 is 1.20 bits per heavy atom. The number of aromatic nitrogens is 2. The summed E-state index contributed by atoms with van der Waals surface area (Å²) in [5.41, 5.74) is 0.933. The molecule has 2 N–H and O–H groups in total. The number of hydrogen-bond acceptors (Lipinski definition) is 6. The summed E-state index contributed by atoms with van der Waals surface area (Å²) in [6, 6.07) is 12.4. The molecule has 3 rings (SSSR count). The van der Waals surface area contributed by atoms with E-state index in [2.05, 4.69) is 20.6 Å². The van der Waals surface area contributed by atoms with Gasteiger partial charge in [0.15, 0.2) is 0 Å². The molecule has 0 bridgehead atoms. The van der Waals surface area contributed by atoms with E-state index in [0.717, 1.165) is 11.5 Å². The molecule has 2 heterocycles. The van der Waals surface area contributed by atoms with E-state index in [1.54, 1.807) is 36.6 Å². The maximum absolute atomic E-state index is 12.3. The van der Waals surface area contributed by atoms with Crippen molar-refractivity contribution in [2.75, 3.05) is 17.2 Å². The summed E-state index contributed by atoms with van der Waals surface area (Å²) in [7, 11) is 0. The summed E-state index contributed by atoms with van der Waals surface area (Å²) >= 11 is 0. The first kappa shape index (κ1) is 16.5. The van der Waals surface area contributed by atoms with Gasteiger partial charge in [-0.05, 0) is 43.3 Å². The number of benzene rings is 1. The number of furan rings is 1. The Kier molecular flexibility index (Phi) is 5.26. The second kappa shape index (κ2) is 7.96. The summed E-state index contributed by atoms with van der Waals surface area (Å²) in [6.45, 7) is 2.99. The van der Waals surface area contributed by atoms with Crippen LogP contribution in [0.25, 0.3) is 0 Å². The molecule has 0 saturated heterocycles. The number of carbonyl (C=O) groups is 1. The Bertz CT molecular complexity index is 817. The molecule has 2 aromatic heterocycles. The summed E-state index contributed by atoms with van der Waals surface area (Å²) < 4.78 is 10.6. The van der Waals surface area contributed by atoms with Crippen LogP contribution in [0.4, 0.5) is 11.5 Å². The van der Waals surface area contributed by atoms with Gasteiger partial charge in [-0.2, -0.15) is 0 Å². The van der Waals surface area contributed by atoms with E-state index in [1.165, 1.54) is 6.33 Å². The fourth-order valence-corrected chi connectivity index (χ4v) is 2.17. The maximum atomic E-state index is 12.3. The van der Waals surface area contributed by atoms with Gasteiger partial charge in [0.2, 0.25) is 0 Å². The second-order valence-corrected chi connectivity index (χ2v) is 5.13. The number of rotatable bonds is 7. The van der Waals surface area contributed by atoms with Gasteiger partial charge in [-0.3, -0.25) is 4.79 Å². The van der Waals surface area contributed by atoms with Crippen molar-refractivity contribution in [2.24, 2.45) is 0 Å². The molecule has 1 aromatic carbocycles. The Hall–Kier alpha value is -3.35. The van der Waals surface area contributed by atoms with E-state index in [4.69, 9.17) is 9.15 Å². The summed E-state index contributed by atoms with van der Waals surface area (Å²) in [4.78, 5) is 20.4. The highest BCUT2D eigenvalue weighted by molar-refractivity contribution is 6.03. The number of carbonyl (C=O) groups excluding carboxylic acids is 1. The molecular weight excluding hydrogens is 320 g/mol. The highest BCUT2D eigenvalue weighted by Crippen LogP contribution is 2.16. The van der Waals surface area contributed by atoms with Crippen LogP contribution in [-0.4, -0.2) is 22.5 Å². The molecule has 25 heavy (non-hydrogen) atoms. The summed E-state index contributed by atoms with van der Waals surface area (Å²) in [5.74, 6) is 1.77. The van der Waals surface area contributed by atoms with Gasteiger partial charge in [0.25, 0.3) is 5.91 Å². The fourth-order valence-electron chi connectivity index (χ4n) is 2.17. The molecule has 3 aromatic rings. The van der Waals surface area contributed by atoms with E-state index in [1.807, 2.05) is 19.1 Å². The SMILES string of the molecule is CCOc1ccc(NC(=O)c2cc(NCc3ccco3)ncn2)cc1. The first-order valence-electron chi connectivity index (χ1n) is 7.87. The number of anilines is 2. The van der Waals surface area contributed by atoms with Crippen LogP contribution < -0.4 is 15.4 Å². The Morgan fingerprint density at radius 2 is 2.04 bits per heavy atom. The predicted molar refractivity (Wildman–Crippen MR) is 93.6 cm³/mol. The van der Waals surface area contributed by atoms with Gasteiger partial charge in [0.1, 0.15) is 29.3 Å². The minimum Gasteiger partial charge on any atom is -0.494 e. The van der Waals surface area contributed by atoms with Crippen molar-refractivity contribution >= 4 is 17.4 Å². The predicted octanol–water partition coefficient (Wildman–Crippen LogP) is 3.33. The van der Waals surface area contributed by atoms with Crippen molar-refractivity contribution in [1.82, 2.24) is 9.97 Å². The van der Waals surface area contributed by atoms with Crippen LogP contribution in [0.15, 0.2) is 59.5 Å². The van der Waals surface area contributed by atoms with Gasteiger partial charge < -0.3 is 19.8 Å². The molecule has 128 valence electrons. The first-order chi connectivity index (χ1) is 12.2. The monoisotopic (exact) mass is 338 g/mol. The van der Waals surface area contributed by atoms with E-state index >= 15 is 0 Å². The highest BCUT2D eigenvalue weighted by atomic mass is 16.5. The van der Waals surface area contributed by atoms with Crippen LogP contribution in [0.1, 0.15) is 23.2 Å². The number of amides is 1. The van der Waals surface area contributed by atoms with Gasteiger partial charge in [0.05, 0.1) is 19.4 Å². The topological polar surface area (TPSA) is 89.3 Å². The van der Waals surface area contributed by atoms with Gasteiger partial charge in [0, 0.05) is 11.8 Å². The lowest BCUT2D eigenvalue weighted by Crippen LogP contribution is -2.14. The zero-order chi connectivity index (χ0) is 17.5. The molecule has 0 aliphatic rings. The van der Waals surface area contributed by atoms with Crippen molar-refractivity contribution in [1.29, 1.82) is 0 Å². The summed E-state index contributed by atoms with van der Waals surface area (Å²) in [6.07, 6.45) is 2.95. The van der Waals surface area contributed by atoms with Crippen molar-refractivity contribution in [2.45, 2.75) is 13.5 Å². The van der Waals surface area contributed by atoms with Crippen molar-refractivity contribution in [3.05, 3.63) is 66.5 Å². The zero-order valence-electron chi connectivity index (χ0n) is 13.7. The molecule has 7 heteroatoms. The van der Waals surface area contributed by atoms with Gasteiger partial charge in [-0.1, -0.05) is 0 Å². The third kappa shape index (κ3) is 4.57. The van der Waals surface area contributed by atoms with Crippen LogP contribution in [0.3, 0.4) is 0 Å². The number of hydrogen-bond donors (Lipinski definition) is 2. The third-order valence-electron chi connectivity index (χ3n) is 3.35. The molecule has 0 unspecified atom stereocenters. The van der Waals surface area contributed by atoms with Crippen LogP contribution >= 0.6 is 0 Å². The van der Waals surface area contributed by atoms with Crippen molar-refractivity contribution in [3.8, 4) is 5.75 Å². The molecule has 0 fully saturated rings. The molecular formula is C18H18N4O3. The van der Waals surface area contributed by atoms with Gasteiger partial charge in [-0.15, -0.1) is 0 Å². The third-order valence-corrected chi connectivity index (χ3v) is 3.35. The fraction of sp³-hybridized carbons (Fsp3) is 0.167. The van der Waals surface area contributed by atoms with Gasteiger partial charge in [-0.25, -0.2) is 9.97 Å². The Balaban J connectivity index is 1.62.